The van der Waals surface area contributed by atoms with Gasteiger partial charge >= 0.3 is 5.97 Å². The van der Waals surface area contributed by atoms with Gasteiger partial charge in [-0.25, -0.2) is 0 Å². The maximum atomic E-state index is 12.0. The maximum Gasteiger partial charge on any atom is 0.322 e. The van der Waals surface area contributed by atoms with Crippen molar-refractivity contribution in [1.82, 2.24) is 9.03 Å². The van der Waals surface area contributed by atoms with E-state index in [1.807, 2.05) is 6.92 Å². The summed E-state index contributed by atoms with van der Waals surface area (Å²) in [6, 6.07) is -1.07. The fourth-order valence-electron chi connectivity index (χ4n) is 1.66. The summed E-state index contributed by atoms with van der Waals surface area (Å²) in [5.74, 6) is -0.946. The fourth-order valence-corrected chi connectivity index (χ4v) is 2.90. The lowest BCUT2D eigenvalue weighted by Crippen LogP contribution is -2.50. The SMILES string of the molecule is CC[C@H](C)[C@H](NS(=O)(=O)N(C)CC1CC1)C(=O)O. The van der Waals surface area contributed by atoms with Crippen LogP contribution in [0.5, 0.6) is 0 Å². The highest BCUT2D eigenvalue weighted by Crippen LogP contribution is 2.29. The molecule has 7 heteroatoms. The van der Waals surface area contributed by atoms with Crippen molar-refractivity contribution in [1.29, 1.82) is 0 Å². The largest absolute Gasteiger partial charge is 0.480 e. The van der Waals surface area contributed by atoms with E-state index in [9.17, 15) is 13.2 Å². The molecule has 1 fully saturated rings. The van der Waals surface area contributed by atoms with Crippen molar-refractivity contribution in [3.05, 3.63) is 0 Å². The van der Waals surface area contributed by atoms with Crippen LogP contribution in [-0.4, -0.2) is 43.4 Å². The Morgan fingerprint density at radius 2 is 2.06 bits per heavy atom. The lowest BCUT2D eigenvalue weighted by atomic mass is 10.0. The second-order valence-corrected chi connectivity index (χ2v) is 6.86. The third-order valence-electron chi connectivity index (χ3n) is 3.38. The predicted molar refractivity (Wildman–Crippen MR) is 68.3 cm³/mol. The van der Waals surface area contributed by atoms with Crippen LogP contribution in [0.4, 0.5) is 0 Å². The summed E-state index contributed by atoms with van der Waals surface area (Å²) in [6.45, 7) is 4.02. The first-order valence-electron chi connectivity index (χ1n) is 6.24. The van der Waals surface area contributed by atoms with E-state index in [4.69, 9.17) is 5.11 Å². The molecule has 1 aliphatic rings. The number of hydrogen-bond acceptors (Lipinski definition) is 3. The molecule has 1 rings (SSSR count). The van der Waals surface area contributed by atoms with Crippen molar-refractivity contribution >= 4 is 16.2 Å². The van der Waals surface area contributed by atoms with Crippen LogP contribution in [0.3, 0.4) is 0 Å². The van der Waals surface area contributed by atoms with Crippen molar-refractivity contribution in [2.24, 2.45) is 11.8 Å². The Hall–Kier alpha value is -0.660. The first-order valence-corrected chi connectivity index (χ1v) is 7.68. The number of carbonyl (C=O) groups is 1. The molecule has 1 saturated carbocycles. The molecule has 2 N–H and O–H groups in total. The monoisotopic (exact) mass is 278 g/mol. The van der Waals surface area contributed by atoms with Gasteiger partial charge in [0, 0.05) is 13.6 Å². The van der Waals surface area contributed by atoms with Crippen LogP contribution in [0.25, 0.3) is 0 Å². The summed E-state index contributed by atoms with van der Waals surface area (Å²) in [5, 5.41) is 9.07. The highest BCUT2D eigenvalue weighted by molar-refractivity contribution is 7.87. The first kappa shape index (κ1) is 15.4. The summed E-state index contributed by atoms with van der Waals surface area (Å²) in [4.78, 5) is 11.1. The number of rotatable bonds is 8. The molecular weight excluding hydrogens is 256 g/mol. The molecule has 0 aromatic carbocycles. The van der Waals surface area contributed by atoms with E-state index >= 15 is 0 Å². The van der Waals surface area contributed by atoms with Crippen LogP contribution in [0, 0.1) is 11.8 Å². The molecule has 1 aliphatic carbocycles. The topological polar surface area (TPSA) is 86.7 Å². The molecule has 0 bridgehead atoms. The fraction of sp³-hybridized carbons (Fsp3) is 0.909. The highest BCUT2D eigenvalue weighted by Gasteiger charge is 2.33. The van der Waals surface area contributed by atoms with Gasteiger partial charge in [-0.2, -0.15) is 17.4 Å². The molecule has 0 heterocycles. The van der Waals surface area contributed by atoms with Crippen LogP contribution >= 0.6 is 0 Å². The minimum atomic E-state index is -3.71. The van der Waals surface area contributed by atoms with Gasteiger partial charge in [-0.3, -0.25) is 4.79 Å². The molecule has 0 amide bonds. The zero-order valence-corrected chi connectivity index (χ0v) is 11.9. The minimum Gasteiger partial charge on any atom is -0.480 e. The van der Waals surface area contributed by atoms with Gasteiger partial charge in [0.2, 0.25) is 0 Å². The van der Waals surface area contributed by atoms with Gasteiger partial charge in [-0.1, -0.05) is 20.3 Å². The standard InChI is InChI=1S/C11H22N2O4S/c1-4-8(2)10(11(14)15)12-18(16,17)13(3)7-9-5-6-9/h8-10,12H,4-7H2,1-3H3,(H,14,15)/t8-,10-/m0/s1. The van der Waals surface area contributed by atoms with Crippen molar-refractivity contribution in [3.63, 3.8) is 0 Å². The Bertz CT molecular complexity index is 392. The second-order valence-electron chi connectivity index (χ2n) is 5.05. The zero-order chi connectivity index (χ0) is 13.9. The Morgan fingerprint density at radius 1 is 1.50 bits per heavy atom. The van der Waals surface area contributed by atoms with Crippen LogP contribution in [0.1, 0.15) is 33.1 Å². The van der Waals surface area contributed by atoms with E-state index in [-0.39, 0.29) is 5.92 Å². The van der Waals surface area contributed by atoms with E-state index in [1.165, 1.54) is 11.4 Å². The third kappa shape index (κ3) is 4.22. The summed E-state index contributed by atoms with van der Waals surface area (Å²) in [7, 11) is -2.23. The van der Waals surface area contributed by atoms with Crippen molar-refractivity contribution in [2.75, 3.05) is 13.6 Å². The summed E-state index contributed by atoms with van der Waals surface area (Å²) < 4.78 is 27.4. The molecule has 6 nitrogen and oxygen atoms in total. The Kier molecular flexibility index (Phi) is 5.12. The maximum absolute atomic E-state index is 12.0. The van der Waals surface area contributed by atoms with Crippen molar-refractivity contribution in [3.8, 4) is 0 Å². The molecule has 0 aliphatic heterocycles. The summed E-state index contributed by atoms with van der Waals surface area (Å²) >= 11 is 0. The number of nitrogens with zero attached hydrogens (tertiary/aromatic N) is 1. The average molecular weight is 278 g/mol. The molecule has 106 valence electrons. The molecule has 0 saturated heterocycles. The normalized spacial score (nSPS) is 19.8. The summed E-state index contributed by atoms with van der Waals surface area (Å²) in [5.41, 5.74) is 0. The number of nitrogens with one attached hydrogen (secondary N) is 1. The summed E-state index contributed by atoms with van der Waals surface area (Å²) in [6.07, 6.45) is 2.70. The number of carboxylic acid groups (broad SMARTS) is 1. The van der Waals surface area contributed by atoms with Gasteiger partial charge in [-0.15, -0.1) is 0 Å². The average Bonchev–Trinajstić information content (AvgIpc) is 3.08. The molecule has 2 atom stereocenters. The number of hydrogen-bond donors (Lipinski definition) is 2. The van der Waals surface area contributed by atoms with Gasteiger partial charge in [-0.05, 0) is 24.7 Å². The molecule has 0 radical (unpaired) electrons. The molecule has 18 heavy (non-hydrogen) atoms. The third-order valence-corrected chi connectivity index (χ3v) is 4.90. The highest BCUT2D eigenvalue weighted by atomic mass is 32.2. The molecular formula is C11H22N2O4S. The minimum absolute atomic E-state index is 0.244. The number of aliphatic carboxylic acids is 1. The van der Waals surface area contributed by atoms with Crippen LogP contribution < -0.4 is 4.72 Å². The van der Waals surface area contributed by atoms with E-state index in [1.54, 1.807) is 6.92 Å². The van der Waals surface area contributed by atoms with Gasteiger partial charge in [0.05, 0.1) is 0 Å². The van der Waals surface area contributed by atoms with E-state index in [2.05, 4.69) is 4.72 Å². The van der Waals surface area contributed by atoms with Crippen molar-refractivity contribution in [2.45, 2.75) is 39.2 Å². The van der Waals surface area contributed by atoms with E-state index in [0.29, 0.717) is 18.9 Å². The molecule has 0 spiro atoms. The Labute approximate surface area is 109 Å². The second kappa shape index (κ2) is 5.99. The van der Waals surface area contributed by atoms with Crippen LogP contribution in [0.2, 0.25) is 0 Å². The van der Waals surface area contributed by atoms with Gasteiger partial charge < -0.3 is 5.11 Å². The zero-order valence-electron chi connectivity index (χ0n) is 11.1. The Balaban J connectivity index is 2.68. The van der Waals surface area contributed by atoms with Crippen molar-refractivity contribution < 1.29 is 18.3 Å². The lowest BCUT2D eigenvalue weighted by molar-refractivity contribution is -0.140. The van der Waals surface area contributed by atoms with E-state index < -0.39 is 22.2 Å². The molecule has 0 aromatic heterocycles. The van der Waals surface area contributed by atoms with Crippen LogP contribution in [-0.2, 0) is 15.0 Å². The van der Waals surface area contributed by atoms with Gasteiger partial charge in [0.1, 0.15) is 6.04 Å². The molecule has 0 unspecified atom stereocenters. The first-order chi connectivity index (χ1) is 8.27. The quantitative estimate of drug-likeness (QED) is 0.683. The predicted octanol–water partition coefficient (Wildman–Crippen LogP) is 0.662. The van der Waals surface area contributed by atoms with Gasteiger partial charge in [0.25, 0.3) is 10.2 Å². The van der Waals surface area contributed by atoms with Gasteiger partial charge in [0.15, 0.2) is 0 Å². The number of carboxylic acids is 1. The lowest BCUT2D eigenvalue weighted by Gasteiger charge is -2.24. The van der Waals surface area contributed by atoms with E-state index in [0.717, 1.165) is 12.8 Å². The van der Waals surface area contributed by atoms with Crippen LogP contribution in [0.15, 0.2) is 0 Å². The molecule has 0 aromatic rings. The smallest absolute Gasteiger partial charge is 0.322 e. The Morgan fingerprint density at radius 3 is 2.44 bits per heavy atom.